The summed E-state index contributed by atoms with van der Waals surface area (Å²) in [5.74, 6) is 2.27. The van der Waals surface area contributed by atoms with E-state index in [4.69, 9.17) is 9.47 Å². The molecule has 2 heteroatoms. The Morgan fingerprint density at radius 2 is 1.76 bits per heavy atom. The predicted octanol–water partition coefficient (Wildman–Crippen LogP) is 7.11. The monoisotopic (exact) mass is 336 g/mol. The van der Waals surface area contributed by atoms with Gasteiger partial charge in [-0.2, -0.15) is 0 Å². The number of ether oxygens (including phenoxy) is 2. The zero-order valence-corrected chi connectivity index (χ0v) is 15.7. The molecule has 0 saturated heterocycles. The van der Waals surface area contributed by atoms with Gasteiger partial charge in [-0.05, 0) is 60.7 Å². The van der Waals surface area contributed by atoms with Crippen LogP contribution in [0.2, 0.25) is 0 Å². The van der Waals surface area contributed by atoms with Gasteiger partial charge in [-0.15, -0.1) is 0 Å². The lowest BCUT2D eigenvalue weighted by Gasteiger charge is -2.12. The molecule has 0 aromatic heterocycles. The van der Waals surface area contributed by atoms with Crippen molar-refractivity contribution < 1.29 is 9.47 Å². The lowest BCUT2D eigenvalue weighted by molar-refractivity contribution is 0.379. The average Bonchev–Trinajstić information content (AvgIpc) is 2.65. The summed E-state index contributed by atoms with van der Waals surface area (Å²) in [6, 6.07) is 14.2. The predicted molar refractivity (Wildman–Crippen MR) is 107 cm³/mol. The molecule has 0 radical (unpaired) electrons. The molecule has 0 N–H and O–H groups in total. The minimum Gasteiger partial charge on any atom is -0.493 e. The van der Waals surface area contributed by atoms with Crippen molar-refractivity contribution in [1.82, 2.24) is 0 Å². The first kappa shape index (κ1) is 18.9. The van der Waals surface area contributed by atoms with Crippen LogP contribution in [0.15, 0.2) is 54.6 Å². The minimum atomic E-state index is 0.723. The average molecular weight is 336 g/mol. The Morgan fingerprint density at radius 1 is 1.00 bits per heavy atom. The highest BCUT2D eigenvalue weighted by Crippen LogP contribution is 2.33. The maximum atomic E-state index is 6.01. The van der Waals surface area contributed by atoms with Gasteiger partial charge in [-0.1, -0.05) is 56.7 Å². The zero-order chi connectivity index (χ0) is 18.1. The van der Waals surface area contributed by atoms with Crippen molar-refractivity contribution in [2.45, 2.75) is 40.0 Å². The maximum absolute atomic E-state index is 6.01. The molecule has 2 rings (SSSR count). The Balaban J connectivity index is 2.18. The lowest BCUT2D eigenvalue weighted by atomic mass is 10.0. The molecule has 132 valence electrons. The van der Waals surface area contributed by atoms with Crippen LogP contribution in [0.5, 0.6) is 17.2 Å². The van der Waals surface area contributed by atoms with Gasteiger partial charge in [0.25, 0.3) is 0 Å². The van der Waals surface area contributed by atoms with Crippen molar-refractivity contribution in [3.05, 3.63) is 65.7 Å². The summed E-state index contributed by atoms with van der Waals surface area (Å²) in [4.78, 5) is 0. The topological polar surface area (TPSA) is 18.5 Å². The van der Waals surface area contributed by atoms with Crippen LogP contribution in [0.4, 0.5) is 0 Å². The Labute approximate surface area is 151 Å². The smallest absolute Gasteiger partial charge is 0.169 e. The Morgan fingerprint density at radius 3 is 2.36 bits per heavy atom. The molecule has 0 amide bonds. The molecule has 0 aliphatic heterocycles. The quantitative estimate of drug-likeness (QED) is 0.511. The lowest BCUT2D eigenvalue weighted by Crippen LogP contribution is -1.91. The van der Waals surface area contributed by atoms with Crippen LogP contribution >= 0.6 is 0 Å². The Bertz CT molecular complexity index is 724. The number of unbranched alkanes of at least 4 members (excludes halogenated alkanes) is 1. The SMILES string of the molecule is C/C=C/c1ccc(Oc2ccc(/C(=C/CCC)CC)cc2)c(OC)c1. The summed E-state index contributed by atoms with van der Waals surface area (Å²) in [5, 5.41) is 0. The van der Waals surface area contributed by atoms with Crippen LogP contribution in [0.3, 0.4) is 0 Å². The van der Waals surface area contributed by atoms with Gasteiger partial charge in [-0.3, -0.25) is 0 Å². The van der Waals surface area contributed by atoms with Crippen molar-refractivity contribution in [3.8, 4) is 17.2 Å². The van der Waals surface area contributed by atoms with Gasteiger partial charge in [-0.25, -0.2) is 0 Å². The van der Waals surface area contributed by atoms with E-state index in [1.807, 2.05) is 49.4 Å². The zero-order valence-electron chi connectivity index (χ0n) is 15.7. The number of hydrogen-bond donors (Lipinski definition) is 0. The van der Waals surface area contributed by atoms with Crippen LogP contribution in [0, 0.1) is 0 Å². The molecule has 0 aliphatic rings. The van der Waals surface area contributed by atoms with E-state index in [1.165, 1.54) is 17.6 Å². The highest BCUT2D eigenvalue weighted by atomic mass is 16.5. The van der Waals surface area contributed by atoms with Gasteiger partial charge in [0.15, 0.2) is 11.5 Å². The van der Waals surface area contributed by atoms with Crippen LogP contribution in [-0.2, 0) is 0 Å². The second-order valence-electron chi connectivity index (χ2n) is 5.91. The van der Waals surface area contributed by atoms with E-state index >= 15 is 0 Å². The molecule has 2 nitrogen and oxygen atoms in total. The van der Waals surface area contributed by atoms with Crippen LogP contribution in [-0.4, -0.2) is 7.11 Å². The summed E-state index contributed by atoms with van der Waals surface area (Å²) in [6.45, 7) is 6.40. The Kier molecular flexibility index (Phi) is 7.34. The van der Waals surface area contributed by atoms with Gasteiger partial charge < -0.3 is 9.47 Å². The molecule has 2 aromatic carbocycles. The van der Waals surface area contributed by atoms with Gasteiger partial charge in [0.2, 0.25) is 0 Å². The largest absolute Gasteiger partial charge is 0.493 e. The third-order valence-corrected chi connectivity index (χ3v) is 4.06. The molecule has 25 heavy (non-hydrogen) atoms. The minimum absolute atomic E-state index is 0.723. The van der Waals surface area contributed by atoms with Gasteiger partial charge in [0, 0.05) is 0 Å². The van der Waals surface area contributed by atoms with Crippen molar-refractivity contribution in [2.24, 2.45) is 0 Å². The molecule has 0 atom stereocenters. The third kappa shape index (κ3) is 5.25. The number of benzene rings is 2. The van der Waals surface area contributed by atoms with Crippen molar-refractivity contribution in [1.29, 1.82) is 0 Å². The number of allylic oxidation sites excluding steroid dienone is 3. The molecule has 2 aromatic rings. The second-order valence-corrected chi connectivity index (χ2v) is 5.91. The molecular weight excluding hydrogens is 308 g/mol. The second kappa shape index (κ2) is 9.73. The number of hydrogen-bond acceptors (Lipinski definition) is 2. The third-order valence-electron chi connectivity index (χ3n) is 4.06. The molecular formula is C23H28O2. The van der Waals surface area contributed by atoms with E-state index in [1.54, 1.807) is 7.11 Å². The van der Waals surface area contributed by atoms with Gasteiger partial charge >= 0.3 is 0 Å². The van der Waals surface area contributed by atoms with Crippen molar-refractivity contribution in [2.75, 3.05) is 7.11 Å². The molecule has 0 unspecified atom stereocenters. The van der Waals surface area contributed by atoms with Gasteiger partial charge in [0.05, 0.1) is 7.11 Å². The van der Waals surface area contributed by atoms with E-state index in [2.05, 4.69) is 32.1 Å². The molecule has 0 bridgehead atoms. The molecule has 0 heterocycles. The first-order valence-corrected chi connectivity index (χ1v) is 8.99. The van der Waals surface area contributed by atoms with E-state index in [-0.39, 0.29) is 0 Å². The molecule has 0 spiro atoms. The summed E-state index contributed by atoms with van der Waals surface area (Å²) >= 11 is 0. The summed E-state index contributed by atoms with van der Waals surface area (Å²) in [7, 11) is 1.66. The van der Waals surface area contributed by atoms with Crippen molar-refractivity contribution >= 4 is 11.6 Å². The van der Waals surface area contributed by atoms with Crippen LogP contribution in [0.1, 0.15) is 51.2 Å². The number of rotatable bonds is 8. The maximum Gasteiger partial charge on any atom is 0.169 e. The molecule has 0 aliphatic carbocycles. The van der Waals surface area contributed by atoms with E-state index < -0.39 is 0 Å². The summed E-state index contributed by atoms with van der Waals surface area (Å²) in [6.07, 6.45) is 9.71. The fraction of sp³-hybridized carbons (Fsp3) is 0.304. The van der Waals surface area contributed by atoms with Crippen LogP contribution < -0.4 is 9.47 Å². The fourth-order valence-electron chi connectivity index (χ4n) is 2.71. The summed E-state index contributed by atoms with van der Waals surface area (Å²) < 4.78 is 11.5. The van der Waals surface area contributed by atoms with Crippen LogP contribution in [0.25, 0.3) is 11.6 Å². The number of methoxy groups -OCH3 is 1. The van der Waals surface area contributed by atoms with E-state index in [0.29, 0.717) is 0 Å². The molecule has 0 saturated carbocycles. The molecule has 0 fully saturated rings. The Hall–Kier alpha value is -2.48. The van der Waals surface area contributed by atoms with Gasteiger partial charge in [0.1, 0.15) is 5.75 Å². The summed E-state index contributed by atoms with van der Waals surface area (Å²) in [5.41, 5.74) is 3.75. The van der Waals surface area contributed by atoms with E-state index in [9.17, 15) is 0 Å². The first-order chi connectivity index (χ1) is 12.2. The highest BCUT2D eigenvalue weighted by molar-refractivity contribution is 5.66. The standard InChI is InChI=1S/C23H28O2/c1-5-8-10-19(7-3)20-12-14-21(15-13-20)25-22-16-11-18(9-6-2)17-23(22)24-4/h6,9-17H,5,7-8H2,1-4H3/b9-6+,19-10+. The van der Waals surface area contributed by atoms with Crippen molar-refractivity contribution in [3.63, 3.8) is 0 Å². The van der Waals surface area contributed by atoms with E-state index in [0.717, 1.165) is 35.7 Å². The normalized spacial score (nSPS) is 11.8. The highest BCUT2D eigenvalue weighted by Gasteiger charge is 2.07. The fourth-order valence-corrected chi connectivity index (χ4v) is 2.71. The first-order valence-electron chi connectivity index (χ1n) is 8.99.